The summed E-state index contributed by atoms with van der Waals surface area (Å²) in [5.41, 5.74) is 25.3. The summed E-state index contributed by atoms with van der Waals surface area (Å²) in [6.07, 6.45) is 8.90. The zero-order valence-corrected chi connectivity index (χ0v) is 35.1. The molecule has 13 heteroatoms. The van der Waals surface area contributed by atoms with Gasteiger partial charge < -0.3 is 51.8 Å². The third-order valence-electron chi connectivity index (χ3n) is 12.9. The number of rotatable bonds is 13. The van der Waals surface area contributed by atoms with E-state index in [0.29, 0.717) is 42.0 Å². The Balaban J connectivity index is 0.892. The molecule has 3 aromatic carbocycles. The van der Waals surface area contributed by atoms with Crippen LogP contribution in [0.4, 0.5) is 5.69 Å². The number of nitrogens with zero attached hydrogens (tertiary/aromatic N) is 5. The Morgan fingerprint density at radius 3 is 2.30 bits per heavy atom. The summed E-state index contributed by atoms with van der Waals surface area (Å²) in [6.45, 7) is 8.63. The Hall–Kier alpha value is -5.95. The largest absolute Gasteiger partial charge is 0.507 e. The van der Waals surface area contributed by atoms with Crippen molar-refractivity contribution < 1.29 is 19.5 Å². The number of carbonyl (C=O) groups excluding carboxylic acids is 3. The summed E-state index contributed by atoms with van der Waals surface area (Å²) < 4.78 is 2.44. The average molecular weight is 816 g/mol. The molecule has 13 nitrogen and oxygen atoms in total. The number of hydrogen-bond acceptors (Lipinski definition) is 9. The highest BCUT2D eigenvalue weighted by molar-refractivity contribution is 5.98. The number of aromatic nitrogens is 1. The number of likely N-dealkylation sites (tertiary alicyclic amines) is 3. The lowest BCUT2D eigenvalue weighted by molar-refractivity contribution is -0.120. The van der Waals surface area contributed by atoms with Gasteiger partial charge in [-0.05, 0) is 105 Å². The molecule has 1 aromatic heterocycles. The van der Waals surface area contributed by atoms with Crippen molar-refractivity contribution in [2.24, 2.45) is 23.1 Å². The second kappa shape index (κ2) is 19.0. The van der Waals surface area contributed by atoms with E-state index in [9.17, 15) is 19.5 Å². The van der Waals surface area contributed by atoms with Crippen LogP contribution in [0.3, 0.4) is 0 Å². The van der Waals surface area contributed by atoms with Gasteiger partial charge in [-0.2, -0.15) is 0 Å². The van der Waals surface area contributed by atoms with E-state index in [4.69, 9.17) is 17.2 Å². The minimum absolute atomic E-state index is 0.0912. The molecule has 3 fully saturated rings. The van der Waals surface area contributed by atoms with Crippen molar-refractivity contribution in [3.8, 4) is 5.75 Å². The standard InChI is InChI=1S/C47H61N9O4/c1-32-27-39-41(55(31-57)26-20-45(59)51-2)9-5-10-42(39)56(32)37-18-22-52(23-19-37)29-33-16-24-53(25-17-33)47(60)35-14-12-34(13-15-35)36-7-6-21-54(30-36)43(46(49)50)28-40(48)38-8-3-4-11-44(38)58/h3-5,8-15,27-28,31,33,36-37,58H,6-7,16-26,29-30,48-50H2,1-2H3,(H,51,59)/b40-28-. The van der Waals surface area contributed by atoms with E-state index in [1.54, 1.807) is 36.2 Å². The Labute approximate surface area is 353 Å². The number of phenols is 1. The van der Waals surface area contributed by atoms with E-state index in [1.807, 2.05) is 35.2 Å². The van der Waals surface area contributed by atoms with Crippen LogP contribution in [0.2, 0.25) is 0 Å². The molecule has 0 spiro atoms. The summed E-state index contributed by atoms with van der Waals surface area (Å²) >= 11 is 0. The third-order valence-corrected chi connectivity index (χ3v) is 12.9. The number of para-hydroxylation sites is 1. The van der Waals surface area contributed by atoms with Crippen molar-refractivity contribution in [2.45, 2.75) is 63.8 Å². The van der Waals surface area contributed by atoms with Crippen molar-refractivity contribution in [3.63, 3.8) is 0 Å². The van der Waals surface area contributed by atoms with E-state index in [0.717, 1.165) is 106 Å². The zero-order chi connectivity index (χ0) is 42.3. The van der Waals surface area contributed by atoms with Crippen molar-refractivity contribution >= 4 is 40.5 Å². The maximum atomic E-state index is 13.7. The number of hydrogen-bond donors (Lipinski definition) is 5. The summed E-state index contributed by atoms with van der Waals surface area (Å²) in [4.78, 5) is 46.0. The van der Waals surface area contributed by atoms with Gasteiger partial charge in [0.25, 0.3) is 5.91 Å². The molecule has 7 rings (SSSR count). The number of aromatic hydroxyl groups is 1. The molecular weight excluding hydrogens is 755 g/mol. The van der Waals surface area contributed by atoms with Gasteiger partial charge in [-0.15, -0.1) is 0 Å². The predicted octanol–water partition coefficient (Wildman–Crippen LogP) is 5.21. The van der Waals surface area contributed by atoms with E-state index >= 15 is 0 Å². The Morgan fingerprint density at radius 2 is 1.62 bits per heavy atom. The van der Waals surface area contributed by atoms with Crippen LogP contribution in [0.1, 0.15) is 84.1 Å². The molecule has 3 saturated heterocycles. The van der Waals surface area contributed by atoms with Crippen molar-refractivity contribution in [2.75, 3.05) is 64.3 Å². The number of allylic oxidation sites excluding steroid dienone is 1. The van der Waals surface area contributed by atoms with Gasteiger partial charge >= 0.3 is 0 Å². The molecule has 3 aliphatic heterocycles. The number of benzene rings is 3. The van der Waals surface area contributed by atoms with Crippen LogP contribution in [-0.2, 0) is 9.59 Å². The minimum atomic E-state index is -0.0912. The number of amides is 3. The fourth-order valence-electron chi connectivity index (χ4n) is 9.57. The molecule has 3 aliphatic rings. The van der Waals surface area contributed by atoms with Crippen LogP contribution in [0, 0.1) is 12.8 Å². The van der Waals surface area contributed by atoms with E-state index < -0.39 is 0 Å². The van der Waals surface area contributed by atoms with Crippen molar-refractivity contribution in [3.05, 3.63) is 113 Å². The van der Waals surface area contributed by atoms with E-state index in [2.05, 4.69) is 50.9 Å². The highest BCUT2D eigenvalue weighted by atomic mass is 16.3. The normalized spacial score (nSPS) is 18.4. The monoisotopic (exact) mass is 815 g/mol. The molecule has 3 amide bonds. The first-order valence-electron chi connectivity index (χ1n) is 21.4. The fourth-order valence-corrected chi connectivity index (χ4v) is 9.57. The van der Waals surface area contributed by atoms with Gasteiger partial charge in [0.1, 0.15) is 11.6 Å². The first-order chi connectivity index (χ1) is 29.0. The first-order valence-corrected chi connectivity index (χ1v) is 21.4. The molecule has 8 N–H and O–H groups in total. The molecule has 4 aromatic rings. The minimum Gasteiger partial charge on any atom is -0.507 e. The quantitative estimate of drug-likeness (QED) is 0.0896. The number of aryl methyl sites for hydroxylation is 1. The predicted molar refractivity (Wildman–Crippen MR) is 238 cm³/mol. The molecular formula is C47H61N9O4. The maximum Gasteiger partial charge on any atom is 0.253 e. The Kier molecular flexibility index (Phi) is 13.3. The second-order valence-corrected chi connectivity index (χ2v) is 16.7. The highest BCUT2D eigenvalue weighted by Crippen LogP contribution is 2.36. The number of phenolic OH excluding ortho intramolecular Hbond substituents is 1. The number of carbonyl (C=O) groups is 3. The number of fused-ring (bicyclic) bond motifs is 1. The van der Waals surface area contributed by atoms with Gasteiger partial charge in [-0.1, -0.05) is 30.3 Å². The van der Waals surface area contributed by atoms with Crippen molar-refractivity contribution in [1.82, 2.24) is 24.6 Å². The number of nitrogens with one attached hydrogen (secondary N) is 1. The summed E-state index contributed by atoms with van der Waals surface area (Å²) in [7, 11) is 1.61. The Morgan fingerprint density at radius 1 is 0.883 bits per heavy atom. The van der Waals surface area contributed by atoms with Crippen LogP contribution in [0.15, 0.2) is 90.4 Å². The van der Waals surface area contributed by atoms with Gasteiger partial charge in [0, 0.05) is 106 Å². The average Bonchev–Trinajstić information content (AvgIpc) is 3.62. The van der Waals surface area contributed by atoms with Gasteiger partial charge in [0.15, 0.2) is 0 Å². The lowest BCUT2D eigenvalue weighted by Gasteiger charge is -2.38. The molecule has 318 valence electrons. The van der Waals surface area contributed by atoms with Gasteiger partial charge in [0.05, 0.1) is 16.9 Å². The second-order valence-electron chi connectivity index (χ2n) is 16.7. The Bertz CT molecular complexity index is 2210. The van der Waals surface area contributed by atoms with Gasteiger partial charge in [0.2, 0.25) is 12.3 Å². The number of anilines is 1. The zero-order valence-electron chi connectivity index (χ0n) is 35.1. The van der Waals surface area contributed by atoms with Crippen molar-refractivity contribution in [1.29, 1.82) is 0 Å². The van der Waals surface area contributed by atoms with Crippen LogP contribution >= 0.6 is 0 Å². The van der Waals surface area contributed by atoms with E-state index in [1.165, 1.54) is 11.3 Å². The first kappa shape index (κ1) is 42.2. The molecule has 1 atom stereocenters. The fraction of sp³-hybridized carbons (Fsp3) is 0.426. The van der Waals surface area contributed by atoms with Crippen LogP contribution in [0.5, 0.6) is 5.75 Å². The molecule has 0 bridgehead atoms. The lowest BCUT2D eigenvalue weighted by Crippen LogP contribution is -2.43. The van der Waals surface area contributed by atoms with Crippen LogP contribution < -0.4 is 27.4 Å². The smallest absolute Gasteiger partial charge is 0.253 e. The summed E-state index contributed by atoms with van der Waals surface area (Å²) in [5, 5.41) is 14.0. The number of nitrogens with two attached hydrogens (primary N) is 3. The molecule has 1 unspecified atom stereocenters. The molecule has 0 radical (unpaired) electrons. The SMILES string of the molecule is CNC(=O)CCN(C=O)c1cccc2c1cc(C)n2C1CCN(CC2CCN(C(=O)c3ccc(C4CCCN(C(/C=C(\N)c5ccccc5O)=C(N)N)C4)cc3)CC2)CC1. The molecule has 0 saturated carbocycles. The van der Waals surface area contributed by atoms with Crippen LogP contribution in [0.25, 0.3) is 16.6 Å². The summed E-state index contributed by atoms with van der Waals surface area (Å²) in [5.74, 6) is 1.08. The van der Waals surface area contributed by atoms with Gasteiger partial charge in [-0.25, -0.2) is 0 Å². The highest BCUT2D eigenvalue weighted by Gasteiger charge is 2.29. The van der Waals surface area contributed by atoms with E-state index in [-0.39, 0.29) is 35.7 Å². The topological polar surface area (TPSA) is 179 Å². The third kappa shape index (κ3) is 9.41. The lowest BCUT2D eigenvalue weighted by atomic mass is 9.89. The summed E-state index contributed by atoms with van der Waals surface area (Å²) in [6, 6.07) is 23.7. The van der Waals surface area contributed by atoms with Gasteiger partial charge in [-0.3, -0.25) is 14.4 Å². The molecule has 0 aliphatic carbocycles. The molecule has 60 heavy (non-hydrogen) atoms. The molecule has 4 heterocycles. The van der Waals surface area contributed by atoms with Crippen LogP contribution in [-0.4, -0.2) is 102 Å². The maximum absolute atomic E-state index is 13.7. The number of piperidine rings is 3.